The molecule has 29 heavy (non-hydrogen) atoms. The Kier molecular flexibility index (Phi) is 8.16. The van der Waals surface area contributed by atoms with E-state index in [-0.39, 0.29) is 37.5 Å². The molecule has 1 aromatic heterocycles. The van der Waals surface area contributed by atoms with Gasteiger partial charge in [-0.25, -0.2) is 14.0 Å². The van der Waals surface area contributed by atoms with Crippen molar-refractivity contribution in [3.63, 3.8) is 0 Å². The van der Waals surface area contributed by atoms with E-state index in [1.165, 1.54) is 22.9 Å². The molecule has 0 saturated carbocycles. The quantitative estimate of drug-likeness (QED) is 0.422. The molecule has 1 fully saturated rings. The van der Waals surface area contributed by atoms with Gasteiger partial charge in [-0.05, 0) is 33.8 Å². The van der Waals surface area contributed by atoms with E-state index in [1.807, 2.05) is 27.7 Å². The molecule has 1 aliphatic heterocycles. The van der Waals surface area contributed by atoms with Gasteiger partial charge in [0.15, 0.2) is 0 Å². The molecular weight excluding hydrogens is 399 g/mol. The largest absolute Gasteiger partial charge is 0.409 e. The summed E-state index contributed by atoms with van der Waals surface area (Å²) in [6.45, 7) is 11.0. The first-order valence-corrected chi connectivity index (χ1v) is 11.1. The van der Waals surface area contributed by atoms with Gasteiger partial charge in [0, 0.05) is 24.7 Å². The topological polar surface area (TPSA) is 129 Å². The van der Waals surface area contributed by atoms with Gasteiger partial charge in [-0.1, -0.05) is 6.08 Å². The van der Waals surface area contributed by atoms with Crippen LogP contribution in [0.15, 0.2) is 29.7 Å². The highest BCUT2D eigenvalue weighted by atomic mass is 31.2. The molecule has 1 saturated heterocycles. The van der Waals surface area contributed by atoms with E-state index in [2.05, 4.69) is 11.6 Å². The molecule has 2 rings (SSSR count). The number of aliphatic hydroxyl groups is 1. The number of aliphatic hydroxyl groups excluding tert-OH is 1. The Labute approximate surface area is 170 Å². The zero-order chi connectivity index (χ0) is 21.8. The summed E-state index contributed by atoms with van der Waals surface area (Å²) in [5, 5.41) is 10.4. The van der Waals surface area contributed by atoms with Crippen molar-refractivity contribution in [3.05, 3.63) is 35.4 Å². The van der Waals surface area contributed by atoms with Gasteiger partial charge in [0.25, 0.3) is 0 Å². The van der Waals surface area contributed by atoms with E-state index in [4.69, 9.17) is 19.5 Å². The first kappa shape index (κ1) is 23.7. The molecule has 3 N–H and O–H groups in total. The van der Waals surface area contributed by atoms with Gasteiger partial charge in [-0.15, -0.1) is 6.58 Å². The number of nitrogens with zero attached hydrogens (tertiary/aromatic N) is 3. The fraction of sp³-hybridized carbons (Fsp3) is 0.667. The highest BCUT2D eigenvalue weighted by molar-refractivity contribution is 7.51. The number of aromatic nitrogens is 2. The minimum absolute atomic E-state index is 0.0520. The lowest BCUT2D eigenvalue weighted by Crippen LogP contribution is -2.37. The third-order valence-corrected chi connectivity index (χ3v) is 6.90. The number of ether oxygens (including phenoxy) is 1. The maximum atomic E-state index is 13.5. The van der Waals surface area contributed by atoms with E-state index in [1.54, 1.807) is 4.67 Å². The SMILES string of the molecule is C=CCOP(=O)(OC[C@H]1O[C@@H](n2ccc(N)nc2=O)C[C@@H]1O)N(C(C)C)C(C)C. The van der Waals surface area contributed by atoms with Crippen LogP contribution in [-0.2, 0) is 18.3 Å². The minimum atomic E-state index is -3.67. The van der Waals surface area contributed by atoms with Gasteiger partial charge in [-0.3, -0.25) is 13.6 Å². The van der Waals surface area contributed by atoms with E-state index in [9.17, 15) is 14.5 Å². The summed E-state index contributed by atoms with van der Waals surface area (Å²) in [5.41, 5.74) is 4.93. The van der Waals surface area contributed by atoms with Crippen LogP contribution in [0.4, 0.5) is 5.82 Å². The molecule has 1 aliphatic rings. The average Bonchev–Trinajstić information content (AvgIpc) is 2.98. The lowest BCUT2D eigenvalue weighted by molar-refractivity contribution is -0.0460. The second-order valence-electron chi connectivity index (χ2n) is 7.39. The Morgan fingerprint density at radius 3 is 2.66 bits per heavy atom. The Morgan fingerprint density at radius 2 is 2.10 bits per heavy atom. The van der Waals surface area contributed by atoms with Gasteiger partial charge in [0.05, 0.1) is 19.3 Å². The highest BCUT2D eigenvalue weighted by Gasteiger charge is 2.41. The predicted molar refractivity (Wildman–Crippen MR) is 109 cm³/mol. The molecule has 4 atom stereocenters. The number of hydrogen-bond donors (Lipinski definition) is 2. The van der Waals surface area contributed by atoms with Crippen molar-refractivity contribution in [3.8, 4) is 0 Å². The second-order valence-corrected chi connectivity index (χ2v) is 9.31. The lowest BCUT2D eigenvalue weighted by atomic mass is 10.2. The van der Waals surface area contributed by atoms with Gasteiger partial charge in [-0.2, -0.15) is 4.98 Å². The number of rotatable bonds is 10. The Balaban J connectivity index is 2.13. The second kappa shape index (κ2) is 9.97. The smallest absolute Gasteiger partial charge is 0.390 e. The molecule has 11 heteroatoms. The van der Waals surface area contributed by atoms with Crippen LogP contribution >= 0.6 is 7.75 Å². The van der Waals surface area contributed by atoms with Crippen LogP contribution in [-0.4, -0.2) is 56.8 Å². The van der Waals surface area contributed by atoms with Gasteiger partial charge < -0.3 is 15.6 Å². The lowest BCUT2D eigenvalue weighted by Gasteiger charge is -2.36. The highest BCUT2D eigenvalue weighted by Crippen LogP contribution is 2.54. The first-order chi connectivity index (χ1) is 13.6. The number of nitrogen functional groups attached to an aromatic ring is 1. The zero-order valence-corrected chi connectivity index (χ0v) is 18.2. The molecule has 1 unspecified atom stereocenters. The average molecular weight is 430 g/mol. The Hall–Kier alpha value is -1.55. The minimum Gasteiger partial charge on any atom is -0.390 e. The maximum Gasteiger partial charge on any atom is 0.409 e. The van der Waals surface area contributed by atoms with Crippen LogP contribution in [0.25, 0.3) is 0 Å². The summed E-state index contributed by atoms with van der Waals surface area (Å²) >= 11 is 0. The van der Waals surface area contributed by atoms with Crippen molar-refractivity contribution in [1.29, 1.82) is 0 Å². The molecule has 164 valence electrons. The van der Waals surface area contributed by atoms with Crippen LogP contribution in [0.1, 0.15) is 40.3 Å². The summed E-state index contributed by atoms with van der Waals surface area (Å²) in [6, 6.07) is 1.26. The fourth-order valence-electron chi connectivity index (χ4n) is 3.33. The van der Waals surface area contributed by atoms with Crippen molar-refractivity contribution >= 4 is 13.6 Å². The Bertz CT molecular complexity index is 791. The van der Waals surface area contributed by atoms with Crippen LogP contribution < -0.4 is 11.4 Å². The van der Waals surface area contributed by atoms with Crippen LogP contribution in [0.2, 0.25) is 0 Å². The molecule has 0 radical (unpaired) electrons. The molecular formula is C18H31N4O6P. The molecule has 0 aromatic carbocycles. The molecule has 0 aliphatic carbocycles. The van der Waals surface area contributed by atoms with E-state index in [0.717, 1.165) is 0 Å². The standard InChI is InChI=1S/C18H31N4O6P/c1-6-9-26-29(25,22(12(2)3)13(4)5)27-11-15-14(23)10-17(28-15)21-8-7-16(19)20-18(21)24/h6-8,12-15,17,23H,1,9-11H2,2-5H3,(H2,19,20,24)/t14-,15+,17+,29?/m0/s1. The van der Waals surface area contributed by atoms with E-state index < -0.39 is 31.9 Å². The Morgan fingerprint density at radius 1 is 1.45 bits per heavy atom. The van der Waals surface area contributed by atoms with E-state index in [0.29, 0.717) is 0 Å². The number of nitrogens with two attached hydrogens (primary N) is 1. The molecule has 0 bridgehead atoms. The van der Waals surface area contributed by atoms with Crippen molar-refractivity contribution in [2.24, 2.45) is 0 Å². The van der Waals surface area contributed by atoms with Crippen LogP contribution in [0.5, 0.6) is 0 Å². The predicted octanol–water partition coefficient (Wildman–Crippen LogP) is 1.92. The number of hydrogen-bond acceptors (Lipinski definition) is 8. The summed E-state index contributed by atoms with van der Waals surface area (Å²) in [6.07, 6.45) is 0.693. The van der Waals surface area contributed by atoms with Crippen LogP contribution in [0, 0.1) is 0 Å². The normalized spacial score (nSPS) is 24.3. The van der Waals surface area contributed by atoms with Crippen molar-refractivity contribution in [2.45, 2.75) is 64.6 Å². The summed E-state index contributed by atoms with van der Waals surface area (Å²) in [5.74, 6) is 0.104. The number of anilines is 1. The third-order valence-electron chi connectivity index (χ3n) is 4.46. The van der Waals surface area contributed by atoms with Crippen LogP contribution in [0.3, 0.4) is 0 Å². The van der Waals surface area contributed by atoms with Crippen molar-refractivity contribution in [1.82, 2.24) is 14.2 Å². The molecule has 0 spiro atoms. The van der Waals surface area contributed by atoms with Crippen molar-refractivity contribution < 1.29 is 23.5 Å². The summed E-state index contributed by atoms with van der Waals surface area (Å²) in [4.78, 5) is 15.7. The molecule has 1 aromatic rings. The summed E-state index contributed by atoms with van der Waals surface area (Å²) < 4.78 is 33.4. The monoisotopic (exact) mass is 430 g/mol. The van der Waals surface area contributed by atoms with Gasteiger partial charge >= 0.3 is 13.4 Å². The zero-order valence-electron chi connectivity index (χ0n) is 17.3. The van der Waals surface area contributed by atoms with E-state index >= 15 is 0 Å². The molecule has 0 amide bonds. The maximum absolute atomic E-state index is 13.5. The summed E-state index contributed by atoms with van der Waals surface area (Å²) in [7, 11) is -3.67. The first-order valence-electron chi connectivity index (χ1n) is 9.56. The van der Waals surface area contributed by atoms with Gasteiger partial charge in [0.1, 0.15) is 18.1 Å². The molecule has 2 heterocycles. The molecule has 10 nitrogen and oxygen atoms in total. The fourth-order valence-corrected chi connectivity index (χ4v) is 5.43. The van der Waals surface area contributed by atoms with Gasteiger partial charge in [0.2, 0.25) is 0 Å². The van der Waals surface area contributed by atoms with Crippen molar-refractivity contribution in [2.75, 3.05) is 18.9 Å². The third kappa shape index (κ3) is 5.75.